The molecule has 0 saturated heterocycles. The molecule has 0 unspecified atom stereocenters. The van der Waals surface area contributed by atoms with E-state index < -0.39 is 0 Å². The summed E-state index contributed by atoms with van der Waals surface area (Å²) >= 11 is 3.38. The van der Waals surface area contributed by atoms with Crippen molar-refractivity contribution < 1.29 is 14.3 Å². The molecule has 0 radical (unpaired) electrons. The third kappa shape index (κ3) is 3.08. The normalized spacial score (nSPS) is 9.44. The van der Waals surface area contributed by atoms with Crippen LogP contribution in [0, 0.1) is 0 Å². The molecule has 0 amide bonds. The summed E-state index contributed by atoms with van der Waals surface area (Å²) in [6.45, 7) is 0.388. The van der Waals surface area contributed by atoms with Crippen LogP contribution < -0.4 is 9.47 Å². The Labute approximate surface area is 102 Å². The highest BCUT2D eigenvalue weighted by atomic mass is 79.9. The van der Waals surface area contributed by atoms with E-state index >= 15 is 0 Å². The number of hydrogen-bond donors (Lipinski definition) is 0. The van der Waals surface area contributed by atoms with Gasteiger partial charge in [0, 0.05) is 10.0 Å². The van der Waals surface area contributed by atoms with Crippen LogP contribution in [0.3, 0.4) is 0 Å². The van der Waals surface area contributed by atoms with E-state index in [0.29, 0.717) is 24.5 Å². The van der Waals surface area contributed by atoms with Gasteiger partial charge < -0.3 is 9.47 Å². The average Bonchev–Trinajstić information content (AvgIpc) is 2.28. The first-order valence-electron chi connectivity index (χ1n) is 4.67. The van der Waals surface area contributed by atoms with E-state index in [-0.39, 0.29) is 0 Å². The lowest BCUT2D eigenvalue weighted by Crippen LogP contribution is -1.98. The van der Waals surface area contributed by atoms with Crippen LogP contribution in [0.15, 0.2) is 21.6 Å². The summed E-state index contributed by atoms with van der Waals surface area (Å²) in [4.78, 5) is 13.5. The third-order valence-electron chi connectivity index (χ3n) is 2.08. The van der Waals surface area contributed by atoms with E-state index in [1.807, 2.05) is 12.1 Å². The number of rotatable bonds is 5. The van der Waals surface area contributed by atoms with Crippen molar-refractivity contribution in [1.82, 2.24) is 0 Å². The van der Waals surface area contributed by atoms with Gasteiger partial charge in [0.05, 0.1) is 20.8 Å². The van der Waals surface area contributed by atoms with Gasteiger partial charge in [-0.15, -0.1) is 0 Å². The van der Waals surface area contributed by atoms with E-state index in [2.05, 4.69) is 20.9 Å². The van der Waals surface area contributed by atoms with Crippen molar-refractivity contribution in [3.8, 4) is 11.5 Å². The number of isocyanates is 1. The van der Waals surface area contributed by atoms with E-state index in [4.69, 9.17) is 9.47 Å². The summed E-state index contributed by atoms with van der Waals surface area (Å²) in [5.74, 6) is 1.33. The summed E-state index contributed by atoms with van der Waals surface area (Å²) in [7, 11) is 3.16. The highest BCUT2D eigenvalue weighted by Gasteiger charge is 2.11. The summed E-state index contributed by atoms with van der Waals surface area (Å²) in [5, 5.41) is 0. The maximum absolute atomic E-state index is 9.98. The molecule has 0 spiro atoms. The first-order chi connectivity index (χ1) is 7.72. The molecule has 0 saturated carbocycles. The van der Waals surface area contributed by atoms with Crippen molar-refractivity contribution in [3.05, 3.63) is 22.2 Å². The molecular weight excluding hydrogens is 274 g/mol. The van der Waals surface area contributed by atoms with Gasteiger partial charge in [-0.3, -0.25) is 0 Å². The van der Waals surface area contributed by atoms with Crippen LogP contribution in [-0.2, 0) is 11.2 Å². The number of hydrogen-bond acceptors (Lipinski definition) is 4. The first kappa shape index (κ1) is 12.7. The molecule has 0 fully saturated rings. The number of nitrogens with zero attached hydrogens (tertiary/aromatic N) is 1. The van der Waals surface area contributed by atoms with Gasteiger partial charge >= 0.3 is 0 Å². The van der Waals surface area contributed by atoms with Crippen LogP contribution in [0.2, 0.25) is 0 Å². The molecule has 16 heavy (non-hydrogen) atoms. The summed E-state index contributed by atoms with van der Waals surface area (Å²) < 4.78 is 11.4. The highest BCUT2D eigenvalue weighted by Crippen LogP contribution is 2.34. The Hall–Kier alpha value is -1.32. The van der Waals surface area contributed by atoms with Gasteiger partial charge in [0.2, 0.25) is 6.08 Å². The van der Waals surface area contributed by atoms with Crippen LogP contribution in [0.25, 0.3) is 0 Å². The Morgan fingerprint density at radius 3 is 2.69 bits per heavy atom. The fraction of sp³-hybridized carbons (Fsp3) is 0.364. The van der Waals surface area contributed by atoms with Gasteiger partial charge in [-0.1, -0.05) is 15.9 Å². The zero-order valence-corrected chi connectivity index (χ0v) is 10.7. The van der Waals surface area contributed by atoms with Gasteiger partial charge in [-0.2, -0.15) is 0 Å². The number of ether oxygens (including phenoxy) is 2. The average molecular weight is 286 g/mol. The van der Waals surface area contributed by atoms with Crippen molar-refractivity contribution in [1.29, 1.82) is 0 Å². The second kappa shape index (κ2) is 6.30. The number of benzene rings is 1. The Bertz CT molecular complexity index is 414. The Morgan fingerprint density at radius 2 is 2.12 bits per heavy atom. The summed E-state index contributed by atoms with van der Waals surface area (Å²) in [6.07, 6.45) is 2.12. The lowest BCUT2D eigenvalue weighted by atomic mass is 10.1. The number of methoxy groups -OCH3 is 2. The summed E-state index contributed by atoms with van der Waals surface area (Å²) in [6, 6.07) is 3.74. The summed E-state index contributed by atoms with van der Waals surface area (Å²) in [5.41, 5.74) is 0.938. The number of halogens is 1. The first-order valence-corrected chi connectivity index (χ1v) is 5.46. The molecule has 0 N–H and O–H groups in total. The van der Waals surface area contributed by atoms with Gasteiger partial charge in [0.15, 0.2) is 11.5 Å². The van der Waals surface area contributed by atoms with E-state index in [9.17, 15) is 4.79 Å². The zero-order valence-electron chi connectivity index (χ0n) is 9.12. The van der Waals surface area contributed by atoms with E-state index in [0.717, 1.165) is 10.0 Å². The van der Waals surface area contributed by atoms with E-state index in [1.165, 1.54) is 6.08 Å². The highest BCUT2D eigenvalue weighted by molar-refractivity contribution is 9.10. The molecule has 0 heterocycles. The lowest BCUT2D eigenvalue weighted by molar-refractivity contribution is 0.351. The fourth-order valence-electron chi connectivity index (χ4n) is 1.41. The number of carbonyl (C=O) groups excluding carboxylic acids is 1. The minimum Gasteiger partial charge on any atom is -0.493 e. The SMILES string of the molecule is COc1cc(Br)cc(CCN=C=O)c1OC. The molecule has 0 aliphatic carbocycles. The van der Waals surface area contributed by atoms with Gasteiger partial charge in [0.25, 0.3) is 0 Å². The van der Waals surface area contributed by atoms with Crippen molar-refractivity contribution >= 4 is 22.0 Å². The molecule has 0 aliphatic heterocycles. The standard InChI is InChI=1S/C11H12BrNO3/c1-15-10-6-9(12)5-8(11(10)16-2)3-4-13-7-14/h5-6H,3-4H2,1-2H3. The van der Waals surface area contributed by atoms with Crippen LogP contribution in [0.4, 0.5) is 0 Å². The van der Waals surface area contributed by atoms with Gasteiger partial charge in [-0.25, -0.2) is 9.79 Å². The molecule has 1 aromatic rings. The lowest BCUT2D eigenvalue weighted by Gasteiger charge is -2.12. The molecule has 86 valence electrons. The second-order valence-corrected chi connectivity index (χ2v) is 3.94. The van der Waals surface area contributed by atoms with Crippen molar-refractivity contribution in [2.24, 2.45) is 4.99 Å². The second-order valence-electron chi connectivity index (χ2n) is 3.02. The number of aliphatic imine (C=N–C) groups is 1. The quantitative estimate of drug-likeness (QED) is 0.616. The third-order valence-corrected chi connectivity index (χ3v) is 2.54. The Balaban J connectivity index is 3.04. The maximum atomic E-state index is 9.98. The molecule has 5 heteroatoms. The van der Waals surface area contributed by atoms with Crippen LogP contribution in [0.1, 0.15) is 5.56 Å². The largest absolute Gasteiger partial charge is 0.493 e. The predicted octanol–water partition coefficient (Wildman–Crippen LogP) is 2.34. The minimum absolute atomic E-state index is 0.388. The maximum Gasteiger partial charge on any atom is 0.234 e. The Morgan fingerprint density at radius 1 is 1.38 bits per heavy atom. The van der Waals surface area contributed by atoms with Crippen LogP contribution >= 0.6 is 15.9 Å². The molecule has 0 aliphatic rings. The molecule has 0 atom stereocenters. The van der Waals surface area contributed by atoms with Crippen LogP contribution in [-0.4, -0.2) is 26.8 Å². The van der Waals surface area contributed by atoms with Crippen molar-refractivity contribution in [2.45, 2.75) is 6.42 Å². The fourth-order valence-corrected chi connectivity index (χ4v) is 1.90. The molecule has 0 aromatic heterocycles. The van der Waals surface area contributed by atoms with Crippen LogP contribution in [0.5, 0.6) is 11.5 Å². The van der Waals surface area contributed by atoms with Crippen molar-refractivity contribution in [3.63, 3.8) is 0 Å². The van der Waals surface area contributed by atoms with Crippen molar-refractivity contribution in [2.75, 3.05) is 20.8 Å². The van der Waals surface area contributed by atoms with Gasteiger partial charge in [-0.05, 0) is 18.6 Å². The molecule has 0 bridgehead atoms. The predicted molar refractivity (Wildman–Crippen MR) is 63.9 cm³/mol. The minimum atomic E-state index is 0.388. The van der Waals surface area contributed by atoms with Gasteiger partial charge in [0.1, 0.15) is 0 Å². The molecular formula is C11H12BrNO3. The topological polar surface area (TPSA) is 47.9 Å². The molecule has 4 nitrogen and oxygen atoms in total. The molecule has 1 rings (SSSR count). The van der Waals surface area contributed by atoms with E-state index in [1.54, 1.807) is 14.2 Å². The monoisotopic (exact) mass is 285 g/mol. The zero-order chi connectivity index (χ0) is 12.0. The Kier molecular flexibility index (Phi) is 5.02. The smallest absolute Gasteiger partial charge is 0.234 e. The molecule has 1 aromatic carbocycles.